The Morgan fingerprint density at radius 3 is 2.43 bits per heavy atom. The highest BCUT2D eigenvalue weighted by Crippen LogP contribution is 2.33. The molecule has 7 nitrogen and oxygen atoms in total. The van der Waals surface area contributed by atoms with Gasteiger partial charge < -0.3 is 20.6 Å². The molecule has 0 atom stereocenters. The predicted octanol–water partition coefficient (Wildman–Crippen LogP) is 1.01. The van der Waals surface area contributed by atoms with Crippen LogP contribution in [0.15, 0.2) is 27.8 Å². The minimum absolute atomic E-state index is 0.121. The van der Waals surface area contributed by atoms with E-state index in [4.69, 9.17) is 0 Å². The Morgan fingerprint density at radius 2 is 1.83 bits per heavy atom. The van der Waals surface area contributed by atoms with Crippen LogP contribution < -0.4 is 21.5 Å². The maximum atomic E-state index is 12.0. The summed E-state index contributed by atoms with van der Waals surface area (Å²) in [4.78, 5) is 36.7. The first-order chi connectivity index (χ1) is 10.9. The second-order valence-corrected chi connectivity index (χ2v) is 5.85. The van der Waals surface area contributed by atoms with Crippen molar-refractivity contribution in [2.45, 2.75) is 18.9 Å². The third-order valence-electron chi connectivity index (χ3n) is 3.77. The molecule has 0 spiro atoms. The van der Waals surface area contributed by atoms with Gasteiger partial charge in [-0.1, -0.05) is 6.07 Å². The number of hydrogen-bond acceptors (Lipinski definition) is 6. The van der Waals surface area contributed by atoms with Crippen LogP contribution in [0.25, 0.3) is 0 Å². The maximum absolute atomic E-state index is 12.0. The van der Waals surface area contributed by atoms with Crippen molar-refractivity contribution in [3.05, 3.63) is 44.2 Å². The van der Waals surface area contributed by atoms with Crippen LogP contribution in [0.5, 0.6) is 5.75 Å². The summed E-state index contributed by atoms with van der Waals surface area (Å²) in [7, 11) is 3.16. The molecule has 1 amide bonds. The second-order valence-electron chi connectivity index (χ2n) is 5.85. The maximum Gasteiger partial charge on any atom is 0.257 e. The van der Waals surface area contributed by atoms with Crippen molar-refractivity contribution in [1.82, 2.24) is 4.90 Å². The first kappa shape index (κ1) is 15.1. The molecule has 23 heavy (non-hydrogen) atoms. The molecule has 0 heterocycles. The molecule has 1 aliphatic carbocycles. The van der Waals surface area contributed by atoms with Gasteiger partial charge in [0, 0.05) is 20.1 Å². The number of aromatic hydroxyl groups is 1. The van der Waals surface area contributed by atoms with E-state index in [9.17, 15) is 19.5 Å². The number of hydrogen-bond donors (Lipinski definition) is 3. The van der Waals surface area contributed by atoms with Crippen molar-refractivity contribution in [3.8, 4) is 5.75 Å². The molecule has 0 radical (unpaired) electrons. The minimum Gasteiger partial charge on any atom is -0.505 e. The van der Waals surface area contributed by atoms with Crippen LogP contribution in [0.4, 0.5) is 17.1 Å². The van der Waals surface area contributed by atoms with Crippen molar-refractivity contribution in [3.63, 3.8) is 0 Å². The molecule has 120 valence electrons. The van der Waals surface area contributed by atoms with Crippen molar-refractivity contribution < 1.29 is 9.90 Å². The van der Waals surface area contributed by atoms with Crippen LogP contribution in [-0.4, -0.2) is 36.1 Å². The van der Waals surface area contributed by atoms with E-state index < -0.39 is 10.9 Å². The number of rotatable bonds is 5. The molecule has 0 saturated heterocycles. The van der Waals surface area contributed by atoms with Gasteiger partial charge >= 0.3 is 0 Å². The second kappa shape index (κ2) is 5.42. The van der Waals surface area contributed by atoms with Crippen molar-refractivity contribution in [2.24, 2.45) is 0 Å². The van der Waals surface area contributed by atoms with E-state index in [1.54, 1.807) is 26.2 Å². The van der Waals surface area contributed by atoms with Gasteiger partial charge in [-0.15, -0.1) is 0 Å². The number of carbonyl (C=O) groups excluding carboxylic acids is 1. The molecule has 0 aliphatic heterocycles. The van der Waals surface area contributed by atoms with Gasteiger partial charge in [-0.05, 0) is 25.0 Å². The first-order valence-corrected chi connectivity index (χ1v) is 7.30. The molecule has 0 unspecified atom stereocenters. The summed E-state index contributed by atoms with van der Waals surface area (Å²) in [5.41, 5.74) is -0.469. The van der Waals surface area contributed by atoms with Crippen molar-refractivity contribution in [2.75, 3.05) is 24.7 Å². The zero-order valence-corrected chi connectivity index (χ0v) is 12.8. The highest BCUT2D eigenvalue weighted by atomic mass is 16.3. The fourth-order valence-electron chi connectivity index (χ4n) is 2.27. The number of carbonyl (C=O) groups is 1. The summed E-state index contributed by atoms with van der Waals surface area (Å²) >= 11 is 0. The summed E-state index contributed by atoms with van der Waals surface area (Å²) < 4.78 is 0. The SMILES string of the molecule is CN(C)C(=O)c1cccc(Nc2c(NC3CC3)c(=O)c2=O)c1O. The van der Waals surface area contributed by atoms with E-state index >= 15 is 0 Å². The fraction of sp³-hybridized carbons (Fsp3) is 0.312. The molecule has 7 heteroatoms. The quantitative estimate of drug-likeness (QED) is 0.562. The van der Waals surface area contributed by atoms with Crippen LogP contribution >= 0.6 is 0 Å². The average Bonchev–Trinajstić information content (AvgIpc) is 3.35. The van der Waals surface area contributed by atoms with Crippen molar-refractivity contribution in [1.29, 1.82) is 0 Å². The number of nitrogens with zero attached hydrogens (tertiary/aromatic N) is 1. The van der Waals surface area contributed by atoms with Gasteiger partial charge in [0.15, 0.2) is 5.75 Å². The van der Waals surface area contributed by atoms with Gasteiger partial charge in [0.2, 0.25) is 0 Å². The number of amides is 1. The first-order valence-electron chi connectivity index (χ1n) is 7.30. The summed E-state index contributed by atoms with van der Waals surface area (Å²) in [5, 5.41) is 16.0. The number of anilines is 3. The molecular weight excluding hydrogens is 298 g/mol. The largest absolute Gasteiger partial charge is 0.505 e. The van der Waals surface area contributed by atoms with Crippen LogP contribution in [0.1, 0.15) is 23.2 Å². The molecule has 2 aromatic carbocycles. The Hall–Kier alpha value is -2.83. The lowest BCUT2D eigenvalue weighted by molar-refractivity contribution is 0.0825. The van der Waals surface area contributed by atoms with E-state index in [-0.39, 0.29) is 40.3 Å². The minimum atomic E-state index is -0.628. The fourth-order valence-corrected chi connectivity index (χ4v) is 2.27. The molecule has 0 aromatic heterocycles. The molecule has 0 bridgehead atoms. The average molecular weight is 315 g/mol. The lowest BCUT2D eigenvalue weighted by atomic mass is 10.1. The van der Waals surface area contributed by atoms with Gasteiger partial charge in [-0.2, -0.15) is 0 Å². The molecule has 3 N–H and O–H groups in total. The standard InChI is InChI=1S/C16H17N3O4/c1-19(2)16(23)9-4-3-5-10(13(9)20)18-12-11(14(21)15(12)22)17-8-6-7-8/h3-5,8,17-18,20H,6-7H2,1-2H3. The van der Waals surface area contributed by atoms with Gasteiger partial charge in [0.1, 0.15) is 11.4 Å². The van der Waals surface area contributed by atoms with E-state index in [1.807, 2.05) is 0 Å². The molecule has 1 saturated carbocycles. The van der Waals surface area contributed by atoms with E-state index in [0.29, 0.717) is 0 Å². The number of para-hydroxylation sites is 1. The van der Waals surface area contributed by atoms with Crippen molar-refractivity contribution >= 4 is 23.0 Å². The Kier molecular flexibility index (Phi) is 3.55. The highest BCUT2D eigenvalue weighted by molar-refractivity contribution is 5.99. The topological polar surface area (TPSA) is 98.7 Å². The van der Waals surface area contributed by atoms with E-state index in [2.05, 4.69) is 10.6 Å². The van der Waals surface area contributed by atoms with Crippen LogP contribution in [0.3, 0.4) is 0 Å². The zero-order valence-electron chi connectivity index (χ0n) is 12.8. The number of benzene rings is 1. The monoisotopic (exact) mass is 315 g/mol. The van der Waals surface area contributed by atoms with Gasteiger partial charge in [0.05, 0.1) is 11.3 Å². The highest BCUT2D eigenvalue weighted by Gasteiger charge is 2.29. The third kappa shape index (κ3) is 2.65. The van der Waals surface area contributed by atoms with Crippen LogP contribution in [0.2, 0.25) is 0 Å². The van der Waals surface area contributed by atoms with Gasteiger partial charge in [0.25, 0.3) is 16.8 Å². The Bertz CT molecular complexity index is 846. The Morgan fingerprint density at radius 1 is 1.17 bits per heavy atom. The number of phenols is 1. The summed E-state index contributed by atoms with van der Waals surface area (Å²) in [6.07, 6.45) is 1.94. The van der Waals surface area contributed by atoms with E-state index in [1.165, 1.54) is 11.0 Å². The third-order valence-corrected chi connectivity index (χ3v) is 3.77. The zero-order chi connectivity index (χ0) is 16.7. The Labute approximate surface area is 132 Å². The normalized spacial score (nSPS) is 13.8. The molecule has 1 fully saturated rings. The van der Waals surface area contributed by atoms with E-state index in [0.717, 1.165) is 12.8 Å². The van der Waals surface area contributed by atoms with Gasteiger partial charge in [-0.25, -0.2) is 0 Å². The summed E-state index contributed by atoms with van der Waals surface area (Å²) in [5.74, 6) is -0.607. The molecule has 3 rings (SSSR count). The molecular formula is C16H17N3O4. The lowest BCUT2D eigenvalue weighted by Crippen LogP contribution is -2.37. The number of phenolic OH excluding ortho intramolecular Hbond substituents is 1. The summed E-state index contributed by atoms with van der Waals surface area (Å²) in [6.45, 7) is 0. The summed E-state index contributed by atoms with van der Waals surface area (Å²) in [6, 6.07) is 4.86. The predicted molar refractivity (Wildman–Crippen MR) is 87.4 cm³/mol. The smallest absolute Gasteiger partial charge is 0.257 e. The molecule has 1 aliphatic rings. The number of nitrogens with one attached hydrogen (secondary N) is 2. The van der Waals surface area contributed by atoms with Crippen LogP contribution in [0, 0.1) is 0 Å². The Balaban J connectivity index is 1.91. The lowest BCUT2D eigenvalue weighted by Gasteiger charge is -2.17. The molecule has 2 aromatic rings. The van der Waals surface area contributed by atoms with Crippen LogP contribution in [-0.2, 0) is 0 Å². The van der Waals surface area contributed by atoms with Gasteiger partial charge in [-0.3, -0.25) is 14.4 Å².